The van der Waals surface area contributed by atoms with Crippen molar-refractivity contribution in [3.05, 3.63) is 31.2 Å². The summed E-state index contributed by atoms with van der Waals surface area (Å²) in [5.74, 6) is -1.22. The third kappa shape index (κ3) is 11.7. The van der Waals surface area contributed by atoms with E-state index in [1.165, 1.54) is 12.5 Å². The SMILES string of the molecule is CC.CNCCC(=O)Nc1cc(CO[C-]=O)ccc1OC1CC(O)CC(C(=O)O)O1.[CH3-].[K+]. The number of hydrogen-bond donors (Lipinski definition) is 4. The van der Waals surface area contributed by atoms with Crippen molar-refractivity contribution in [2.75, 3.05) is 18.9 Å². The molecule has 3 atom stereocenters. The molecule has 0 radical (unpaired) electrons. The molecule has 4 N–H and O–H groups in total. The molecule has 11 heteroatoms. The molecule has 0 aliphatic carbocycles. The maximum atomic E-state index is 12.1. The molecule has 3 unspecified atom stereocenters. The van der Waals surface area contributed by atoms with E-state index in [4.69, 9.17) is 14.6 Å². The van der Waals surface area contributed by atoms with E-state index in [1.807, 2.05) is 13.8 Å². The molecule has 0 saturated carbocycles. The van der Waals surface area contributed by atoms with E-state index in [0.717, 1.165) is 0 Å². The Bertz CT molecular complexity index is 704. The van der Waals surface area contributed by atoms with Crippen molar-refractivity contribution >= 4 is 24.0 Å². The number of hydrogen-bond acceptors (Lipinski definition) is 8. The zero-order chi connectivity index (χ0) is 22.5. The second-order valence-electron chi connectivity index (χ2n) is 6.24. The molecule has 10 nitrogen and oxygen atoms in total. The van der Waals surface area contributed by atoms with Crippen LogP contribution in [0, 0.1) is 7.43 Å². The molecule has 2 rings (SSSR count). The normalized spacial score (nSPS) is 19.1. The second-order valence-corrected chi connectivity index (χ2v) is 6.24. The molecule has 1 aliphatic rings. The minimum Gasteiger partial charge on any atom is -0.650 e. The first-order valence-electron chi connectivity index (χ1n) is 9.72. The zero-order valence-electron chi connectivity index (χ0n) is 19.3. The number of ether oxygens (including phenoxy) is 3. The third-order valence-corrected chi connectivity index (χ3v) is 4.02. The van der Waals surface area contributed by atoms with Crippen molar-refractivity contribution in [2.45, 2.75) is 58.2 Å². The van der Waals surface area contributed by atoms with Crippen LogP contribution in [0.3, 0.4) is 0 Å². The summed E-state index contributed by atoms with van der Waals surface area (Å²) < 4.78 is 15.7. The van der Waals surface area contributed by atoms with E-state index in [9.17, 15) is 19.5 Å². The van der Waals surface area contributed by atoms with Crippen LogP contribution in [0.15, 0.2) is 18.2 Å². The average Bonchev–Trinajstić information content (AvgIpc) is 2.73. The largest absolute Gasteiger partial charge is 1.00 e. The molecule has 0 spiro atoms. The van der Waals surface area contributed by atoms with Gasteiger partial charge >= 0.3 is 57.4 Å². The topological polar surface area (TPSA) is 143 Å². The van der Waals surface area contributed by atoms with Crippen molar-refractivity contribution < 1.29 is 90.2 Å². The minimum absolute atomic E-state index is 0. The monoisotopic (exact) mass is 479 g/mol. The number of aliphatic hydroxyl groups excluding tert-OH is 1. The van der Waals surface area contributed by atoms with Gasteiger partial charge in [0.25, 0.3) is 0 Å². The Morgan fingerprint density at radius 2 is 1.97 bits per heavy atom. The van der Waals surface area contributed by atoms with E-state index >= 15 is 0 Å². The van der Waals surface area contributed by atoms with E-state index in [1.54, 1.807) is 19.2 Å². The predicted molar refractivity (Wildman–Crippen MR) is 114 cm³/mol. The zero-order valence-corrected chi connectivity index (χ0v) is 22.5. The number of aliphatic hydroxyl groups is 1. The van der Waals surface area contributed by atoms with Gasteiger partial charge in [0.1, 0.15) is 5.75 Å². The van der Waals surface area contributed by atoms with Gasteiger partial charge in [0.05, 0.1) is 18.4 Å². The fraction of sp³-hybridized carbons (Fsp3) is 0.524. The summed E-state index contributed by atoms with van der Waals surface area (Å²) in [6.45, 7) is 5.76. The van der Waals surface area contributed by atoms with Crippen LogP contribution in [0.5, 0.6) is 5.75 Å². The second kappa shape index (κ2) is 18.4. The van der Waals surface area contributed by atoms with Gasteiger partial charge in [-0.15, -0.1) is 0 Å². The Kier molecular flexibility index (Phi) is 19.0. The maximum Gasteiger partial charge on any atom is 1.00 e. The molecular weight excluding hydrogens is 447 g/mol. The smallest absolute Gasteiger partial charge is 0.650 e. The number of anilines is 1. The molecule has 1 fully saturated rings. The van der Waals surface area contributed by atoms with Gasteiger partial charge in [0, 0.05) is 25.8 Å². The molecule has 1 aromatic rings. The van der Waals surface area contributed by atoms with Crippen LogP contribution < -0.4 is 66.8 Å². The first-order valence-corrected chi connectivity index (χ1v) is 9.72. The Balaban J connectivity index is 0. The Morgan fingerprint density at radius 3 is 2.56 bits per heavy atom. The van der Waals surface area contributed by atoms with Crippen LogP contribution in [0.25, 0.3) is 0 Å². The molecule has 0 aromatic heterocycles. The van der Waals surface area contributed by atoms with E-state index in [-0.39, 0.29) is 96.3 Å². The van der Waals surface area contributed by atoms with Crippen molar-refractivity contribution in [1.82, 2.24) is 5.32 Å². The first-order chi connectivity index (χ1) is 14.4. The third-order valence-electron chi connectivity index (χ3n) is 4.02. The standard InChI is InChI=1S/C18H23N2O8.C2H6.CH3.K/c1-19-5-4-16(23)20-13-6-11(9-26-10-21)2-3-14(13)27-17-8-12(22)7-15(28-17)18(24)25;1-2;;/h2-3,6,12,15,17,19,22H,4-5,7-9H2,1H3,(H,20,23)(H,24,25);1-2H3;1H3;/q-1;;-1;+1. The van der Waals surface area contributed by atoms with Gasteiger partial charge in [-0.05, 0) is 24.7 Å². The minimum atomic E-state index is -1.19. The average molecular weight is 480 g/mol. The van der Waals surface area contributed by atoms with Gasteiger partial charge in [0.15, 0.2) is 6.10 Å². The molecule has 1 heterocycles. The number of carbonyl (C=O) groups excluding carboxylic acids is 2. The number of nitrogens with one attached hydrogen (secondary N) is 2. The summed E-state index contributed by atoms with van der Waals surface area (Å²) in [7, 11) is 1.72. The molecule has 176 valence electrons. The number of amides is 1. The number of benzene rings is 1. The molecule has 1 aliphatic heterocycles. The summed E-state index contributed by atoms with van der Waals surface area (Å²) in [5, 5.41) is 24.6. The van der Waals surface area contributed by atoms with Crippen molar-refractivity contribution in [3.63, 3.8) is 0 Å². The van der Waals surface area contributed by atoms with Crippen LogP contribution in [0.2, 0.25) is 0 Å². The summed E-state index contributed by atoms with van der Waals surface area (Å²) in [6.07, 6.45) is -2.78. The van der Waals surface area contributed by atoms with Crippen LogP contribution in [0.4, 0.5) is 5.69 Å². The van der Waals surface area contributed by atoms with Crippen LogP contribution in [-0.2, 0) is 30.5 Å². The van der Waals surface area contributed by atoms with Gasteiger partial charge in [-0.1, -0.05) is 26.4 Å². The summed E-state index contributed by atoms with van der Waals surface area (Å²) in [4.78, 5) is 33.5. The number of carboxylic acid groups (broad SMARTS) is 1. The summed E-state index contributed by atoms with van der Waals surface area (Å²) >= 11 is 0. The Hall–Kier alpha value is -1.05. The van der Waals surface area contributed by atoms with Gasteiger partial charge in [-0.3, -0.25) is 4.79 Å². The molecular formula is C21H32KN2O8-. The number of rotatable bonds is 10. The van der Waals surface area contributed by atoms with Crippen molar-refractivity contribution in [1.29, 1.82) is 0 Å². The van der Waals surface area contributed by atoms with Crippen molar-refractivity contribution in [2.24, 2.45) is 0 Å². The predicted octanol–water partition coefficient (Wildman–Crippen LogP) is -1.37. The van der Waals surface area contributed by atoms with Gasteiger partial charge in [0.2, 0.25) is 12.2 Å². The first kappa shape index (κ1) is 33.1. The van der Waals surface area contributed by atoms with Gasteiger partial charge in [-0.25, -0.2) is 4.79 Å². The fourth-order valence-electron chi connectivity index (χ4n) is 2.67. The van der Waals surface area contributed by atoms with Gasteiger partial charge in [-0.2, -0.15) is 0 Å². The van der Waals surface area contributed by atoms with Crippen LogP contribution in [0.1, 0.15) is 38.7 Å². The molecule has 0 bridgehead atoms. The molecule has 1 amide bonds. The number of carboxylic acids is 1. The maximum absolute atomic E-state index is 12.1. The van der Waals surface area contributed by atoms with Gasteiger partial charge < -0.3 is 47.3 Å². The van der Waals surface area contributed by atoms with Crippen molar-refractivity contribution in [3.8, 4) is 5.75 Å². The molecule has 1 aromatic carbocycles. The summed E-state index contributed by atoms with van der Waals surface area (Å²) in [6, 6.07) is 4.72. The van der Waals surface area contributed by atoms with E-state index in [0.29, 0.717) is 17.8 Å². The number of carbonyl (C=O) groups is 2. The fourth-order valence-corrected chi connectivity index (χ4v) is 2.67. The summed E-state index contributed by atoms with van der Waals surface area (Å²) in [5.41, 5.74) is 0.899. The quantitative estimate of drug-likeness (QED) is 0.236. The Morgan fingerprint density at radius 1 is 1.28 bits per heavy atom. The Labute approximate surface area is 231 Å². The number of aliphatic carboxylic acids is 1. The van der Waals surface area contributed by atoms with Crippen LogP contribution in [-0.4, -0.2) is 60.7 Å². The molecule has 32 heavy (non-hydrogen) atoms. The van der Waals surface area contributed by atoms with E-state index < -0.39 is 24.5 Å². The molecule has 1 saturated heterocycles. The van der Waals surface area contributed by atoms with E-state index in [2.05, 4.69) is 15.4 Å². The van der Waals surface area contributed by atoms with Crippen LogP contribution >= 0.6 is 0 Å².